The van der Waals surface area contributed by atoms with E-state index in [2.05, 4.69) is 0 Å². The second-order valence-electron chi connectivity index (χ2n) is 5.47. The van der Waals surface area contributed by atoms with Gasteiger partial charge in [0.2, 0.25) is 5.91 Å². The maximum absolute atomic E-state index is 12.3. The van der Waals surface area contributed by atoms with Crippen molar-refractivity contribution in [1.29, 1.82) is 0 Å². The fourth-order valence-corrected chi connectivity index (χ4v) is 3.29. The number of carbonyl (C=O) groups is 1. The molecule has 0 aromatic heterocycles. The molecule has 2 saturated heterocycles. The van der Waals surface area contributed by atoms with E-state index in [1.54, 1.807) is 0 Å². The van der Waals surface area contributed by atoms with Gasteiger partial charge in [-0.25, -0.2) is 0 Å². The lowest BCUT2D eigenvalue weighted by Gasteiger charge is -2.33. The van der Waals surface area contributed by atoms with Crippen LogP contribution in [0.5, 0.6) is 0 Å². The van der Waals surface area contributed by atoms with Crippen molar-refractivity contribution in [2.24, 2.45) is 11.7 Å². The third-order valence-electron chi connectivity index (χ3n) is 4.18. The van der Waals surface area contributed by atoms with Crippen LogP contribution in [0.15, 0.2) is 0 Å². The van der Waals surface area contributed by atoms with E-state index >= 15 is 0 Å². The molecule has 2 N–H and O–H groups in total. The molecule has 0 aromatic rings. The molecule has 2 aliphatic heterocycles. The summed E-state index contributed by atoms with van der Waals surface area (Å²) < 4.78 is 5.74. The maximum Gasteiger partial charge on any atom is 0.225 e. The average Bonchev–Trinajstić information content (AvgIpc) is 2.84. The third-order valence-corrected chi connectivity index (χ3v) is 4.18. The number of rotatable bonds is 1. The number of morpholine rings is 1. The molecule has 4 nitrogen and oxygen atoms in total. The number of hydrogen-bond donors (Lipinski definition) is 1. The molecule has 4 atom stereocenters. The Morgan fingerprint density at radius 2 is 1.81 bits per heavy atom. The zero-order valence-corrected chi connectivity index (χ0v) is 9.60. The van der Waals surface area contributed by atoms with Crippen LogP contribution in [-0.2, 0) is 9.53 Å². The highest BCUT2D eigenvalue weighted by Gasteiger charge is 2.39. The summed E-state index contributed by atoms with van der Waals surface area (Å²) in [5, 5.41) is 0. The summed E-state index contributed by atoms with van der Waals surface area (Å²) in [6.45, 7) is 1.61. The summed E-state index contributed by atoms with van der Waals surface area (Å²) in [5.74, 6) is 0.514. The summed E-state index contributed by atoms with van der Waals surface area (Å²) in [6, 6.07) is 0.242. The molecular formula is C12H20N2O2. The van der Waals surface area contributed by atoms with E-state index in [0.29, 0.717) is 18.1 Å². The molecule has 16 heavy (non-hydrogen) atoms. The molecule has 1 amide bonds. The van der Waals surface area contributed by atoms with E-state index in [0.717, 1.165) is 45.2 Å². The van der Waals surface area contributed by atoms with E-state index in [1.807, 2.05) is 4.90 Å². The molecule has 1 aliphatic carbocycles. The van der Waals surface area contributed by atoms with Gasteiger partial charge in [0.25, 0.3) is 0 Å². The molecule has 3 rings (SSSR count). The Kier molecular flexibility index (Phi) is 2.64. The Labute approximate surface area is 96.1 Å². The van der Waals surface area contributed by atoms with Gasteiger partial charge in [-0.05, 0) is 32.1 Å². The molecule has 3 fully saturated rings. The molecule has 3 aliphatic rings. The van der Waals surface area contributed by atoms with Gasteiger partial charge in [-0.2, -0.15) is 0 Å². The molecule has 0 aromatic carbocycles. The number of ether oxygens (including phenoxy) is 1. The van der Waals surface area contributed by atoms with Crippen molar-refractivity contribution in [2.45, 2.75) is 50.4 Å². The molecule has 0 radical (unpaired) electrons. The van der Waals surface area contributed by atoms with Crippen molar-refractivity contribution in [1.82, 2.24) is 4.90 Å². The van der Waals surface area contributed by atoms with Crippen molar-refractivity contribution < 1.29 is 9.53 Å². The predicted octanol–water partition coefficient (Wildman–Crippen LogP) is 0.504. The highest BCUT2D eigenvalue weighted by atomic mass is 16.5. The van der Waals surface area contributed by atoms with Gasteiger partial charge in [0, 0.05) is 25.0 Å². The second-order valence-corrected chi connectivity index (χ2v) is 5.47. The number of nitrogens with two attached hydrogens (primary N) is 1. The molecule has 2 bridgehead atoms. The number of carbonyl (C=O) groups excluding carboxylic acids is 1. The number of nitrogens with zero attached hydrogens (tertiary/aromatic N) is 1. The van der Waals surface area contributed by atoms with Crippen molar-refractivity contribution in [2.75, 3.05) is 13.1 Å². The van der Waals surface area contributed by atoms with Gasteiger partial charge < -0.3 is 15.4 Å². The van der Waals surface area contributed by atoms with E-state index in [-0.39, 0.29) is 12.0 Å². The van der Waals surface area contributed by atoms with E-state index in [9.17, 15) is 4.79 Å². The average molecular weight is 224 g/mol. The molecule has 4 heteroatoms. The lowest BCUT2D eigenvalue weighted by Crippen LogP contribution is -2.47. The van der Waals surface area contributed by atoms with Crippen molar-refractivity contribution >= 4 is 5.91 Å². The molecule has 4 unspecified atom stereocenters. The van der Waals surface area contributed by atoms with Crippen LogP contribution < -0.4 is 5.73 Å². The Morgan fingerprint density at radius 3 is 2.38 bits per heavy atom. The largest absolute Gasteiger partial charge is 0.371 e. The Balaban J connectivity index is 1.62. The zero-order chi connectivity index (χ0) is 11.1. The normalized spacial score (nSPS) is 42.7. The van der Waals surface area contributed by atoms with Crippen LogP contribution >= 0.6 is 0 Å². The fourth-order valence-electron chi connectivity index (χ4n) is 3.29. The summed E-state index contributed by atoms with van der Waals surface area (Å²) in [6.07, 6.45) is 5.72. The smallest absolute Gasteiger partial charge is 0.225 e. The molecule has 90 valence electrons. The van der Waals surface area contributed by atoms with Crippen molar-refractivity contribution in [3.8, 4) is 0 Å². The first-order valence-corrected chi connectivity index (χ1v) is 6.42. The van der Waals surface area contributed by atoms with Crippen LogP contribution in [0.4, 0.5) is 0 Å². The van der Waals surface area contributed by atoms with Crippen molar-refractivity contribution in [3.05, 3.63) is 0 Å². The van der Waals surface area contributed by atoms with Crippen LogP contribution in [0.2, 0.25) is 0 Å². The van der Waals surface area contributed by atoms with E-state index < -0.39 is 0 Å². The first kappa shape index (κ1) is 10.5. The lowest BCUT2D eigenvalue weighted by molar-refractivity contribution is -0.144. The summed E-state index contributed by atoms with van der Waals surface area (Å²) in [4.78, 5) is 14.3. The fraction of sp³-hybridized carbons (Fsp3) is 0.917. The Morgan fingerprint density at radius 1 is 1.12 bits per heavy atom. The summed E-state index contributed by atoms with van der Waals surface area (Å²) in [5.41, 5.74) is 5.86. The highest BCUT2D eigenvalue weighted by molar-refractivity contribution is 5.79. The third kappa shape index (κ3) is 1.84. The minimum Gasteiger partial charge on any atom is -0.371 e. The molecule has 1 saturated carbocycles. The number of likely N-dealkylation sites (tertiary alicyclic amines) is 1. The SMILES string of the molecule is NC1CCC(C(=O)N2CC3CCC(C2)O3)C1. The van der Waals surface area contributed by atoms with Crippen LogP contribution in [0, 0.1) is 5.92 Å². The van der Waals surface area contributed by atoms with E-state index in [1.165, 1.54) is 0 Å². The topological polar surface area (TPSA) is 55.6 Å². The van der Waals surface area contributed by atoms with E-state index in [4.69, 9.17) is 10.5 Å². The lowest BCUT2D eigenvalue weighted by atomic mass is 10.1. The Bertz CT molecular complexity index is 283. The monoisotopic (exact) mass is 224 g/mol. The Hall–Kier alpha value is -0.610. The van der Waals surface area contributed by atoms with Gasteiger partial charge in [-0.15, -0.1) is 0 Å². The van der Waals surface area contributed by atoms with Crippen molar-refractivity contribution in [3.63, 3.8) is 0 Å². The minimum absolute atomic E-state index is 0.187. The van der Waals surface area contributed by atoms with Gasteiger partial charge >= 0.3 is 0 Å². The zero-order valence-electron chi connectivity index (χ0n) is 9.60. The van der Waals surface area contributed by atoms with Gasteiger partial charge in [0.15, 0.2) is 0 Å². The number of hydrogen-bond acceptors (Lipinski definition) is 3. The second kappa shape index (κ2) is 4.00. The number of fused-ring (bicyclic) bond motifs is 2. The highest BCUT2D eigenvalue weighted by Crippen LogP contribution is 2.30. The molecular weight excluding hydrogens is 204 g/mol. The molecule has 2 heterocycles. The van der Waals surface area contributed by atoms with Gasteiger partial charge in [-0.3, -0.25) is 4.79 Å². The standard InChI is InChI=1S/C12H20N2O2/c13-9-2-1-8(5-9)12(15)14-6-10-3-4-11(7-14)16-10/h8-11H,1-7,13H2. The van der Waals surface area contributed by atoms with Crippen LogP contribution in [-0.4, -0.2) is 42.1 Å². The van der Waals surface area contributed by atoms with Crippen LogP contribution in [0.25, 0.3) is 0 Å². The quantitative estimate of drug-likeness (QED) is 0.706. The minimum atomic E-state index is 0.187. The molecule has 0 spiro atoms. The summed E-state index contributed by atoms with van der Waals surface area (Å²) >= 11 is 0. The first-order chi connectivity index (χ1) is 7.72. The van der Waals surface area contributed by atoms with Crippen LogP contribution in [0.3, 0.4) is 0 Å². The summed E-state index contributed by atoms with van der Waals surface area (Å²) in [7, 11) is 0. The first-order valence-electron chi connectivity index (χ1n) is 6.42. The van der Waals surface area contributed by atoms with Gasteiger partial charge in [0.05, 0.1) is 12.2 Å². The van der Waals surface area contributed by atoms with Crippen LogP contribution in [0.1, 0.15) is 32.1 Å². The number of amides is 1. The van der Waals surface area contributed by atoms with Gasteiger partial charge in [-0.1, -0.05) is 0 Å². The maximum atomic E-state index is 12.3. The predicted molar refractivity (Wildman–Crippen MR) is 59.8 cm³/mol. The van der Waals surface area contributed by atoms with Gasteiger partial charge in [0.1, 0.15) is 0 Å².